The second kappa shape index (κ2) is 12.3. The summed E-state index contributed by atoms with van der Waals surface area (Å²) < 4.78 is 0. The van der Waals surface area contributed by atoms with Gasteiger partial charge in [0.2, 0.25) is 0 Å². The zero-order valence-corrected chi connectivity index (χ0v) is 23.3. The summed E-state index contributed by atoms with van der Waals surface area (Å²) in [5.74, 6) is -1.51. The molecule has 0 unspecified atom stereocenters. The number of benzene rings is 5. The minimum absolute atomic E-state index is 0.103. The number of nitrogens with one attached hydrogen (secondary N) is 1. The maximum Gasteiger partial charge on any atom is 0.266 e. The third-order valence-electron chi connectivity index (χ3n) is 6.95. The van der Waals surface area contributed by atoms with E-state index in [0.717, 1.165) is 10.5 Å². The van der Waals surface area contributed by atoms with Crippen LogP contribution < -0.4 is 10.2 Å². The van der Waals surface area contributed by atoms with Gasteiger partial charge in [-0.15, -0.1) is 0 Å². The fraction of sp³-hybridized carbons (Fsp3) is 0. The van der Waals surface area contributed by atoms with Gasteiger partial charge in [-0.2, -0.15) is 10.2 Å². The quantitative estimate of drug-likeness (QED) is 0.0872. The molecule has 0 aliphatic carbocycles. The van der Waals surface area contributed by atoms with Crippen LogP contribution in [0.15, 0.2) is 144 Å². The van der Waals surface area contributed by atoms with Crippen molar-refractivity contribution >= 4 is 52.3 Å². The fourth-order valence-electron chi connectivity index (χ4n) is 4.65. The van der Waals surface area contributed by atoms with Crippen molar-refractivity contribution in [2.75, 3.05) is 10.2 Å². The molecule has 8 heteroatoms. The van der Waals surface area contributed by atoms with Gasteiger partial charge < -0.3 is 5.32 Å². The van der Waals surface area contributed by atoms with E-state index in [1.165, 1.54) is 24.3 Å². The number of nitrogens with zero attached hydrogens (tertiary/aromatic N) is 3. The number of fused-ring (bicyclic) bond motifs is 1. The lowest BCUT2D eigenvalue weighted by molar-refractivity contribution is 0.0924. The molecule has 0 atom stereocenters. The van der Waals surface area contributed by atoms with E-state index in [9.17, 15) is 19.2 Å². The molecule has 0 saturated heterocycles. The Kier molecular flexibility index (Phi) is 7.79. The molecule has 5 aromatic rings. The Labute approximate surface area is 253 Å². The molecule has 5 aromatic carbocycles. The molecule has 0 fully saturated rings. The molecule has 0 spiro atoms. The van der Waals surface area contributed by atoms with Crippen molar-refractivity contribution in [1.29, 1.82) is 0 Å². The van der Waals surface area contributed by atoms with E-state index in [4.69, 9.17) is 0 Å². The molecule has 8 nitrogen and oxygen atoms in total. The molecule has 0 radical (unpaired) electrons. The van der Waals surface area contributed by atoms with Crippen molar-refractivity contribution in [3.63, 3.8) is 0 Å². The van der Waals surface area contributed by atoms with Gasteiger partial charge in [0.05, 0.1) is 28.2 Å². The van der Waals surface area contributed by atoms with Gasteiger partial charge in [0.1, 0.15) is 0 Å². The molecule has 3 amide bonds. The van der Waals surface area contributed by atoms with Crippen LogP contribution in [0.2, 0.25) is 0 Å². The zero-order valence-electron chi connectivity index (χ0n) is 23.3. The predicted octanol–water partition coefficient (Wildman–Crippen LogP) is 8.05. The number of carbonyl (C=O) groups excluding carboxylic acids is 4. The lowest BCUT2D eigenvalue weighted by atomic mass is 10.1. The van der Waals surface area contributed by atoms with Crippen LogP contribution in [0.5, 0.6) is 0 Å². The Morgan fingerprint density at radius 2 is 1.23 bits per heavy atom. The Morgan fingerprint density at radius 1 is 0.614 bits per heavy atom. The number of rotatable bonds is 8. The summed E-state index contributed by atoms with van der Waals surface area (Å²) in [5, 5.41) is 11.2. The third kappa shape index (κ3) is 6.00. The lowest BCUT2D eigenvalue weighted by Gasteiger charge is -2.13. The number of hydrogen-bond donors (Lipinski definition) is 1. The van der Waals surface area contributed by atoms with Gasteiger partial charge in [-0.05, 0) is 78.4 Å². The molecule has 1 N–H and O–H groups in total. The van der Waals surface area contributed by atoms with Crippen molar-refractivity contribution in [1.82, 2.24) is 0 Å². The molecule has 1 heterocycles. The predicted molar refractivity (Wildman–Crippen MR) is 169 cm³/mol. The second-order valence-corrected chi connectivity index (χ2v) is 9.90. The summed E-state index contributed by atoms with van der Waals surface area (Å²) >= 11 is 0. The van der Waals surface area contributed by atoms with E-state index in [1.54, 1.807) is 66.7 Å². The Bertz CT molecular complexity index is 1930. The van der Waals surface area contributed by atoms with Crippen molar-refractivity contribution in [3.8, 4) is 0 Å². The van der Waals surface area contributed by atoms with Crippen LogP contribution in [-0.4, -0.2) is 23.5 Å². The number of carbonyl (C=O) groups is 4. The summed E-state index contributed by atoms with van der Waals surface area (Å²) in [4.78, 5) is 52.8. The summed E-state index contributed by atoms with van der Waals surface area (Å²) in [6.45, 7) is 0. The maximum absolute atomic E-state index is 13.3. The standard InChI is InChI=1S/C36H24N4O4/c41-33(25-7-3-1-4-8-25)22-13-24-11-15-27(16-12-24)37-34(42)26-14-21-31-32(23-26)36(44)40(35(31)43)30-19-17-29(18-20-30)39-38-28-9-5-2-6-10-28/h1-23H,(H,37,42). The molecule has 1 aliphatic heterocycles. The number of azo groups is 1. The van der Waals surface area contributed by atoms with Crippen molar-refractivity contribution in [3.05, 3.63) is 161 Å². The average Bonchev–Trinajstić information content (AvgIpc) is 3.32. The largest absolute Gasteiger partial charge is 0.322 e. The van der Waals surface area contributed by atoms with Crippen molar-refractivity contribution < 1.29 is 19.2 Å². The van der Waals surface area contributed by atoms with Crippen molar-refractivity contribution in [2.45, 2.75) is 0 Å². The van der Waals surface area contributed by atoms with Crippen LogP contribution in [0.4, 0.5) is 22.7 Å². The highest BCUT2D eigenvalue weighted by Gasteiger charge is 2.37. The third-order valence-corrected chi connectivity index (χ3v) is 6.95. The summed E-state index contributed by atoms with van der Waals surface area (Å²) in [5.41, 5.74) is 4.21. The first-order valence-electron chi connectivity index (χ1n) is 13.7. The van der Waals surface area contributed by atoms with E-state index < -0.39 is 17.7 Å². The van der Waals surface area contributed by atoms with Gasteiger partial charge in [-0.25, -0.2) is 4.90 Å². The fourth-order valence-corrected chi connectivity index (χ4v) is 4.65. The van der Waals surface area contributed by atoms with E-state index in [2.05, 4.69) is 15.5 Å². The van der Waals surface area contributed by atoms with Crippen LogP contribution >= 0.6 is 0 Å². The summed E-state index contributed by atoms with van der Waals surface area (Å²) in [6, 6.07) is 36.3. The first kappa shape index (κ1) is 27.9. The number of ketones is 1. The summed E-state index contributed by atoms with van der Waals surface area (Å²) in [6.07, 6.45) is 3.21. The Morgan fingerprint density at radius 3 is 1.91 bits per heavy atom. The number of amides is 3. The van der Waals surface area contributed by atoms with E-state index in [-0.39, 0.29) is 22.5 Å². The van der Waals surface area contributed by atoms with Gasteiger partial charge in [-0.1, -0.05) is 66.7 Å². The van der Waals surface area contributed by atoms with E-state index >= 15 is 0 Å². The monoisotopic (exact) mass is 576 g/mol. The number of anilines is 2. The molecule has 0 bridgehead atoms. The van der Waals surface area contributed by atoms with Gasteiger partial charge in [0.25, 0.3) is 17.7 Å². The minimum Gasteiger partial charge on any atom is -0.322 e. The van der Waals surface area contributed by atoms with Gasteiger partial charge in [-0.3, -0.25) is 19.2 Å². The molecule has 0 saturated carbocycles. The van der Waals surface area contributed by atoms with Crippen molar-refractivity contribution in [2.24, 2.45) is 10.2 Å². The molecular formula is C36H24N4O4. The Hall–Kier alpha value is -6.28. The minimum atomic E-state index is -0.514. The summed E-state index contributed by atoms with van der Waals surface area (Å²) in [7, 11) is 0. The SMILES string of the molecule is O=C(C=Cc1ccc(NC(=O)c2ccc3c(c2)C(=O)N(c2ccc(N=Nc4ccccc4)cc2)C3=O)cc1)c1ccccc1. The highest BCUT2D eigenvalue weighted by atomic mass is 16.2. The van der Waals surface area contributed by atoms with Gasteiger partial charge in [0, 0.05) is 16.8 Å². The smallest absolute Gasteiger partial charge is 0.266 e. The normalized spacial score (nSPS) is 12.6. The first-order valence-corrected chi connectivity index (χ1v) is 13.7. The highest BCUT2D eigenvalue weighted by Crippen LogP contribution is 2.31. The van der Waals surface area contributed by atoms with Crippen LogP contribution in [0.1, 0.15) is 47.0 Å². The second-order valence-electron chi connectivity index (χ2n) is 9.90. The Balaban J connectivity index is 1.11. The molecule has 6 rings (SSSR count). The number of imide groups is 1. The maximum atomic E-state index is 13.3. The van der Waals surface area contributed by atoms with Crippen LogP contribution in [0.3, 0.4) is 0 Å². The van der Waals surface area contributed by atoms with Gasteiger partial charge >= 0.3 is 0 Å². The molecule has 0 aromatic heterocycles. The number of hydrogen-bond acceptors (Lipinski definition) is 6. The number of allylic oxidation sites excluding steroid dienone is 1. The molecule has 1 aliphatic rings. The lowest BCUT2D eigenvalue weighted by Crippen LogP contribution is -2.29. The average molecular weight is 577 g/mol. The molecular weight excluding hydrogens is 552 g/mol. The molecule has 212 valence electrons. The van der Waals surface area contributed by atoms with E-state index in [1.807, 2.05) is 48.5 Å². The van der Waals surface area contributed by atoms with E-state index in [0.29, 0.717) is 28.3 Å². The zero-order chi connectivity index (χ0) is 30.5. The van der Waals surface area contributed by atoms with Crippen LogP contribution in [-0.2, 0) is 0 Å². The topological polar surface area (TPSA) is 108 Å². The highest BCUT2D eigenvalue weighted by molar-refractivity contribution is 6.34. The van der Waals surface area contributed by atoms with Gasteiger partial charge in [0.15, 0.2) is 5.78 Å². The van der Waals surface area contributed by atoms with Crippen LogP contribution in [0.25, 0.3) is 6.08 Å². The van der Waals surface area contributed by atoms with Crippen LogP contribution in [0, 0.1) is 0 Å². The first-order chi connectivity index (χ1) is 21.5. The molecule has 44 heavy (non-hydrogen) atoms.